The summed E-state index contributed by atoms with van der Waals surface area (Å²) >= 11 is 0. The summed E-state index contributed by atoms with van der Waals surface area (Å²) in [6.07, 6.45) is -7.89. The second kappa shape index (κ2) is 7.86. The molecule has 0 aliphatic carbocycles. The highest BCUT2D eigenvalue weighted by atomic mass is 16.5. The first-order chi connectivity index (χ1) is 12.1. The van der Waals surface area contributed by atoms with Crippen LogP contribution in [0.1, 0.15) is 5.69 Å². The van der Waals surface area contributed by atoms with Gasteiger partial charge in [-0.15, -0.1) is 0 Å². The van der Waals surface area contributed by atoms with Crippen LogP contribution in [0.3, 0.4) is 0 Å². The average Bonchev–Trinajstić information content (AvgIpc) is 2.57. The number of hydrogen-bond donors (Lipinski definition) is 8. The quantitative estimate of drug-likeness (QED) is 0.215. The minimum atomic E-state index is -1.95. The molecule has 144 valence electrons. The van der Waals surface area contributed by atoms with Gasteiger partial charge in [0.1, 0.15) is 29.7 Å². The van der Waals surface area contributed by atoms with Gasteiger partial charge in [0.2, 0.25) is 0 Å². The third-order valence-electron chi connectivity index (χ3n) is 3.63. The van der Waals surface area contributed by atoms with E-state index in [1.54, 1.807) is 0 Å². The number of aromatic nitrogens is 4. The molecule has 0 saturated heterocycles. The zero-order valence-corrected chi connectivity index (χ0v) is 13.2. The smallest absolute Gasteiger partial charge is 0.327 e. The molecule has 0 aliphatic heterocycles. The van der Waals surface area contributed by atoms with E-state index in [1.807, 2.05) is 4.98 Å². The number of nitrogens with zero attached hydrogens (tertiary/aromatic N) is 2. The van der Waals surface area contributed by atoms with Crippen molar-refractivity contribution in [1.29, 1.82) is 0 Å². The van der Waals surface area contributed by atoms with Crippen molar-refractivity contribution in [2.45, 2.75) is 37.6 Å². The van der Waals surface area contributed by atoms with Crippen LogP contribution in [0, 0.1) is 0 Å². The van der Waals surface area contributed by atoms with Crippen LogP contribution in [0.4, 0.5) is 0 Å². The van der Waals surface area contributed by atoms with Crippen LogP contribution in [0.15, 0.2) is 14.4 Å². The summed E-state index contributed by atoms with van der Waals surface area (Å²) in [7, 11) is 0. The van der Waals surface area contributed by atoms with Gasteiger partial charge in [-0.2, -0.15) is 0 Å². The first kappa shape index (κ1) is 19.9. The summed E-state index contributed by atoms with van der Waals surface area (Å²) in [5.41, 5.74) is -4.10. The topological polar surface area (TPSA) is 222 Å². The number of aliphatic hydroxyl groups excluding tert-OH is 5. The SMILES string of the molecule is O=c1[nH]c(=O)c2nc(CC(O)O)c(=O)n(C[C@H](O)[C@H](O)[C@H](O)CO)c2[nH]1. The molecule has 0 spiro atoms. The van der Waals surface area contributed by atoms with E-state index < -0.39 is 72.2 Å². The van der Waals surface area contributed by atoms with Gasteiger partial charge in [-0.25, -0.2) is 9.78 Å². The van der Waals surface area contributed by atoms with Crippen LogP contribution >= 0.6 is 0 Å². The largest absolute Gasteiger partial charge is 0.394 e. The Kier molecular flexibility index (Phi) is 6.01. The predicted molar refractivity (Wildman–Crippen MR) is 84.3 cm³/mol. The fourth-order valence-electron chi connectivity index (χ4n) is 2.35. The van der Waals surface area contributed by atoms with Crippen LogP contribution in [0.25, 0.3) is 11.2 Å². The Bertz CT molecular complexity index is 947. The lowest BCUT2D eigenvalue weighted by atomic mass is 10.1. The third kappa shape index (κ3) is 4.04. The Hall–Kier alpha value is -2.42. The Balaban J connectivity index is 2.65. The van der Waals surface area contributed by atoms with Crippen molar-refractivity contribution in [2.24, 2.45) is 0 Å². The lowest BCUT2D eigenvalue weighted by molar-refractivity contribution is -0.0806. The van der Waals surface area contributed by atoms with Gasteiger partial charge < -0.3 is 30.6 Å². The summed E-state index contributed by atoms with van der Waals surface area (Å²) < 4.78 is 0.703. The first-order valence-corrected chi connectivity index (χ1v) is 7.43. The standard InChI is InChI=1S/C13H18N4O9/c18-3-6(20)9(23)5(19)2-17-10-8(11(24)16-13(26)15-10)14-4(12(17)25)1-7(21)22/h5-7,9,18-23H,1-3H2,(H2,15,16,24,26)/t5-,6+,9-/m0/s1. The number of aromatic amines is 2. The van der Waals surface area contributed by atoms with Gasteiger partial charge in [-0.05, 0) is 0 Å². The third-order valence-corrected chi connectivity index (χ3v) is 3.63. The molecule has 13 nitrogen and oxygen atoms in total. The highest BCUT2D eigenvalue weighted by molar-refractivity contribution is 5.68. The highest BCUT2D eigenvalue weighted by Crippen LogP contribution is 2.07. The lowest BCUT2D eigenvalue weighted by Gasteiger charge is -2.22. The molecule has 2 heterocycles. The Morgan fingerprint density at radius 3 is 2.23 bits per heavy atom. The Morgan fingerprint density at radius 1 is 1.00 bits per heavy atom. The Morgan fingerprint density at radius 2 is 1.65 bits per heavy atom. The minimum Gasteiger partial charge on any atom is -0.394 e. The number of H-pyrrole nitrogens is 2. The summed E-state index contributed by atoms with van der Waals surface area (Å²) in [5.74, 6) is 0. The number of rotatable bonds is 7. The second-order valence-corrected chi connectivity index (χ2v) is 5.57. The molecule has 0 radical (unpaired) electrons. The molecule has 0 amide bonds. The van der Waals surface area contributed by atoms with Crippen LogP contribution in [0.2, 0.25) is 0 Å². The molecule has 2 aromatic rings. The molecule has 2 rings (SSSR count). The average molecular weight is 374 g/mol. The number of fused-ring (bicyclic) bond motifs is 1. The molecule has 0 bridgehead atoms. The summed E-state index contributed by atoms with van der Waals surface area (Å²) in [6.45, 7) is -1.55. The van der Waals surface area contributed by atoms with Crippen molar-refractivity contribution in [3.63, 3.8) is 0 Å². The summed E-state index contributed by atoms with van der Waals surface area (Å²) in [4.78, 5) is 43.7. The van der Waals surface area contributed by atoms with Gasteiger partial charge >= 0.3 is 5.69 Å². The molecule has 26 heavy (non-hydrogen) atoms. The summed E-state index contributed by atoms with van der Waals surface area (Å²) in [5, 5.41) is 56.0. The van der Waals surface area contributed by atoms with Crippen LogP contribution in [0.5, 0.6) is 0 Å². The minimum absolute atomic E-state index is 0.371. The van der Waals surface area contributed by atoms with E-state index in [2.05, 4.69) is 9.97 Å². The van der Waals surface area contributed by atoms with Gasteiger partial charge in [-0.1, -0.05) is 0 Å². The predicted octanol–water partition coefficient (Wildman–Crippen LogP) is -5.30. The zero-order chi connectivity index (χ0) is 19.6. The molecular weight excluding hydrogens is 356 g/mol. The second-order valence-electron chi connectivity index (χ2n) is 5.57. The normalized spacial score (nSPS) is 15.3. The van der Waals surface area contributed by atoms with E-state index >= 15 is 0 Å². The van der Waals surface area contributed by atoms with E-state index in [1.165, 1.54) is 0 Å². The van der Waals surface area contributed by atoms with Crippen molar-refractivity contribution >= 4 is 11.2 Å². The summed E-state index contributed by atoms with van der Waals surface area (Å²) in [6, 6.07) is 0. The number of nitrogens with one attached hydrogen (secondary N) is 2. The molecule has 3 atom stereocenters. The molecular formula is C13H18N4O9. The van der Waals surface area contributed by atoms with Crippen molar-refractivity contribution in [3.05, 3.63) is 36.9 Å². The monoisotopic (exact) mass is 374 g/mol. The maximum absolute atomic E-state index is 12.5. The zero-order valence-electron chi connectivity index (χ0n) is 13.2. The molecule has 0 saturated carbocycles. The molecule has 0 aromatic carbocycles. The Labute approximate surface area is 143 Å². The van der Waals surface area contributed by atoms with Gasteiger partial charge in [-0.3, -0.25) is 24.1 Å². The van der Waals surface area contributed by atoms with Crippen molar-refractivity contribution < 1.29 is 30.6 Å². The van der Waals surface area contributed by atoms with Gasteiger partial charge in [0.25, 0.3) is 11.1 Å². The van der Waals surface area contributed by atoms with Gasteiger partial charge in [0, 0.05) is 6.42 Å². The van der Waals surface area contributed by atoms with E-state index in [0.717, 1.165) is 0 Å². The molecule has 13 heteroatoms. The molecule has 0 unspecified atom stereocenters. The molecule has 0 fully saturated rings. The maximum atomic E-state index is 12.5. The van der Waals surface area contributed by atoms with Crippen molar-refractivity contribution in [1.82, 2.24) is 19.5 Å². The molecule has 8 N–H and O–H groups in total. The van der Waals surface area contributed by atoms with E-state index in [0.29, 0.717) is 4.57 Å². The fourth-order valence-corrected chi connectivity index (χ4v) is 2.35. The van der Waals surface area contributed by atoms with Crippen LogP contribution < -0.4 is 16.8 Å². The fraction of sp³-hybridized carbons (Fsp3) is 0.538. The highest BCUT2D eigenvalue weighted by Gasteiger charge is 2.26. The van der Waals surface area contributed by atoms with E-state index in [-0.39, 0.29) is 5.65 Å². The molecule has 2 aromatic heterocycles. The van der Waals surface area contributed by atoms with Crippen molar-refractivity contribution in [2.75, 3.05) is 6.61 Å². The van der Waals surface area contributed by atoms with E-state index in [4.69, 9.17) is 15.3 Å². The van der Waals surface area contributed by atoms with Crippen LogP contribution in [-0.2, 0) is 13.0 Å². The maximum Gasteiger partial charge on any atom is 0.327 e. The first-order valence-electron chi connectivity index (χ1n) is 7.43. The van der Waals surface area contributed by atoms with Crippen molar-refractivity contribution in [3.8, 4) is 0 Å². The lowest BCUT2D eigenvalue weighted by Crippen LogP contribution is -2.44. The van der Waals surface area contributed by atoms with Crippen LogP contribution in [-0.4, -0.2) is 81.4 Å². The molecule has 0 aliphatic rings. The number of hydrogen-bond acceptors (Lipinski definition) is 10. The van der Waals surface area contributed by atoms with Gasteiger partial charge in [0.05, 0.1) is 13.2 Å². The van der Waals surface area contributed by atoms with Gasteiger partial charge in [0.15, 0.2) is 11.8 Å². The van der Waals surface area contributed by atoms with E-state index in [9.17, 15) is 29.7 Å². The number of aliphatic hydroxyl groups is 6.